The quantitative estimate of drug-likeness (QED) is 0.250. The lowest BCUT2D eigenvalue weighted by molar-refractivity contribution is -0.143. The van der Waals surface area contributed by atoms with E-state index in [2.05, 4.69) is 11.8 Å². The minimum Gasteiger partial charge on any atom is -0.469 e. The van der Waals surface area contributed by atoms with Crippen molar-refractivity contribution in [2.45, 2.75) is 77.3 Å². The second-order valence-corrected chi connectivity index (χ2v) is 9.67. The minimum atomic E-state index is -4.51. The van der Waals surface area contributed by atoms with Gasteiger partial charge in [0.25, 0.3) is 0 Å². The van der Waals surface area contributed by atoms with Gasteiger partial charge in [-0.15, -0.1) is 0 Å². The van der Waals surface area contributed by atoms with Gasteiger partial charge in [-0.1, -0.05) is 24.0 Å². The molecule has 0 amide bonds. The Labute approximate surface area is 196 Å². The predicted molar refractivity (Wildman–Crippen MR) is 117 cm³/mol. The molecule has 1 saturated heterocycles. The van der Waals surface area contributed by atoms with Crippen LogP contribution in [0.1, 0.15) is 70.0 Å². The number of rotatable bonds is 6. The number of carbonyl (C=O) groups excluding carboxylic acids is 1. The Morgan fingerprint density at radius 1 is 1.12 bits per heavy atom. The van der Waals surface area contributed by atoms with Crippen LogP contribution in [0.3, 0.4) is 0 Å². The van der Waals surface area contributed by atoms with E-state index in [1.54, 1.807) is 0 Å². The van der Waals surface area contributed by atoms with E-state index < -0.39 is 47.8 Å². The zero-order valence-corrected chi connectivity index (χ0v) is 19.8. The number of hydrogen-bond acceptors (Lipinski definition) is 3. The minimum absolute atomic E-state index is 0.0113. The Morgan fingerprint density at radius 3 is 2.24 bits per heavy atom. The molecule has 0 radical (unpaired) electrons. The highest BCUT2D eigenvalue weighted by molar-refractivity contribution is 5.69. The molecule has 0 spiro atoms. The first-order valence-electron chi connectivity index (χ1n) is 11.2. The van der Waals surface area contributed by atoms with Gasteiger partial charge in [-0.25, -0.2) is 0 Å². The Morgan fingerprint density at radius 2 is 1.74 bits per heavy atom. The molecule has 190 valence electrons. The molecule has 9 heteroatoms. The fourth-order valence-corrected chi connectivity index (χ4v) is 4.22. The van der Waals surface area contributed by atoms with Crippen LogP contribution < -0.4 is 0 Å². The number of likely N-dealkylation sites (tertiary alicyclic amines) is 1. The van der Waals surface area contributed by atoms with Gasteiger partial charge in [0.05, 0.1) is 25.1 Å². The molecule has 0 saturated carbocycles. The lowest BCUT2D eigenvalue weighted by atomic mass is 9.81. The number of ether oxygens (including phenoxy) is 1. The standard InChI is InChI=1S/C25H31F6NO2/c1-23(2,3)13-11-20(12-14-24(26,27)28)32-15-5-6-18(16-21(33)34-4)22(32)17-7-9-19(10-8-17)25(29,30)31/h7-10,18,20,22H,5-6,12,14-16H2,1-4H3/t18-,20-,22-/m1/s1. The van der Waals surface area contributed by atoms with E-state index in [-0.39, 0.29) is 18.8 Å². The highest BCUT2D eigenvalue weighted by atomic mass is 19.4. The van der Waals surface area contributed by atoms with Crippen molar-refractivity contribution in [1.82, 2.24) is 4.90 Å². The van der Waals surface area contributed by atoms with Crippen molar-refractivity contribution in [2.75, 3.05) is 13.7 Å². The number of halogens is 6. The third kappa shape index (κ3) is 8.53. The summed E-state index contributed by atoms with van der Waals surface area (Å²) >= 11 is 0. The number of carbonyl (C=O) groups is 1. The van der Waals surface area contributed by atoms with Gasteiger partial charge in [0.2, 0.25) is 0 Å². The number of piperidine rings is 1. The van der Waals surface area contributed by atoms with Crippen molar-refractivity contribution >= 4 is 5.97 Å². The molecule has 1 heterocycles. The van der Waals surface area contributed by atoms with Crippen molar-refractivity contribution in [2.24, 2.45) is 11.3 Å². The molecule has 1 aliphatic rings. The summed E-state index contributed by atoms with van der Waals surface area (Å²) in [6, 6.07) is 3.27. The van der Waals surface area contributed by atoms with Crippen LogP contribution in [0.25, 0.3) is 0 Å². The maximum atomic E-state index is 13.1. The molecule has 2 rings (SSSR count). The third-order valence-corrected chi connectivity index (χ3v) is 5.75. The Balaban J connectivity index is 2.51. The summed E-state index contributed by atoms with van der Waals surface area (Å²) < 4.78 is 83.3. The largest absolute Gasteiger partial charge is 0.469 e. The molecule has 0 aromatic heterocycles. The second kappa shape index (κ2) is 11.0. The predicted octanol–water partition coefficient (Wildman–Crippen LogP) is 6.78. The number of hydrogen-bond donors (Lipinski definition) is 0. The number of esters is 1. The SMILES string of the molecule is COC(=O)C[C@H]1CCCN([C@H](C#CC(C)(C)C)CCC(F)(F)F)[C@@H]1c1ccc(C(F)(F)F)cc1. The lowest BCUT2D eigenvalue weighted by Gasteiger charge is -2.44. The van der Waals surface area contributed by atoms with Gasteiger partial charge in [-0.2, -0.15) is 26.3 Å². The number of alkyl halides is 6. The van der Waals surface area contributed by atoms with Crippen LogP contribution in [0.15, 0.2) is 24.3 Å². The van der Waals surface area contributed by atoms with Crippen molar-refractivity contribution in [1.29, 1.82) is 0 Å². The van der Waals surface area contributed by atoms with Gasteiger partial charge in [-0.05, 0) is 70.2 Å². The normalized spacial score (nSPS) is 20.9. The van der Waals surface area contributed by atoms with Crippen LogP contribution in [0.4, 0.5) is 26.3 Å². The molecule has 1 aromatic rings. The molecule has 0 unspecified atom stereocenters. The Hall–Kier alpha value is -2.21. The van der Waals surface area contributed by atoms with Gasteiger partial charge < -0.3 is 4.74 Å². The van der Waals surface area contributed by atoms with E-state index >= 15 is 0 Å². The van der Waals surface area contributed by atoms with Gasteiger partial charge in [0, 0.05) is 17.9 Å². The van der Waals surface area contributed by atoms with Crippen LogP contribution in [-0.2, 0) is 15.7 Å². The van der Waals surface area contributed by atoms with Crippen molar-refractivity contribution in [3.8, 4) is 11.8 Å². The average Bonchev–Trinajstić information content (AvgIpc) is 2.71. The van der Waals surface area contributed by atoms with Crippen LogP contribution in [0.5, 0.6) is 0 Å². The van der Waals surface area contributed by atoms with E-state index in [4.69, 9.17) is 4.74 Å². The molecule has 34 heavy (non-hydrogen) atoms. The summed E-state index contributed by atoms with van der Waals surface area (Å²) in [5.74, 6) is 5.22. The Kier molecular flexibility index (Phi) is 9.09. The summed E-state index contributed by atoms with van der Waals surface area (Å²) in [5, 5.41) is 0. The van der Waals surface area contributed by atoms with Crippen LogP contribution in [0.2, 0.25) is 0 Å². The molecule has 3 nitrogen and oxygen atoms in total. The van der Waals surface area contributed by atoms with Crippen molar-refractivity contribution in [3.63, 3.8) is 0 Å². The van der Waals surface area contributed by atoms with E-state index in [0.29, 0.717) is 24.9 Å². The maximum absolute atomic E-state index is 13.1. The lowest BCUT2D eigenvalue weighted by Crippen LogP contribution is -2.45. The molecular weight excluding hydrogens is 460 g/mol. The molecule has 0 aliphatic carbocycles. The third-order valence-electron chi connectivity index (χ3n) is 5.75. The van der Waals surface area contributed by atoms with Crippen LogP contribution in [-0.4, -0.2) is 36.7 Å². The molecule has 1 aliphatic heterocycles. The Bertz CT molecular complexity index is 874. The fourth-order valence-electron chi connectivity index (χ4n) is 4.22. The van der Waals surface area contributed by atoms with Gasteiger partial charge >= 0.3 is 18.3 Å². The monoisotopic (exact) mass is 491 g/mol. The van der Waals surface area contributed by atoms with Crippen molar-refractivity contribution in [3.05, 3.63) is 35.4 Å². The zero-order valence-electron chi connectivity index (χ0n) is 19.8. The maximum Gasteiger partial charge on any atom is 0.416 e. The molecule has 0 bridgehead atoms. The van der Waals surface area contributed by atoms with E-state index in [0.717, 1.165) is 12.1 Å². The second-order valence-electron chi connectivity index (χ2n) is 9.67. The van der Waals surface area contributed by atoms with Crippen molar-refractivity contribution < 1.29 is 35.9 Å². The van der Waals surface area contributed by atoms with E-state index in [9.17, 15) is 31.1 Å². The fraction of sp³-hybridized carbons (Fsp3) is 0.640. The van der Waals surface area contributed by atoms with Gasteiger partial charge in [0.15, 0.2) is 0 Å². The summed E-state index contributed by atoms with van der Waals surface area (Å²) in [5.41, 5.74) is -0.748. The number of nitrogens with zero attached hydrogens (tertiary/aromatic N) is 1. The molecular formula is C25H31F6NO2. The molecule has 1 aromatic carbocycles. The number of methoxy groups -OCH3 is 1. The molecule has 0 N–H and O–H groups in total. The first-order chi connectivity index (χ1) is 15.6. The average molecular weight is 492 g/mol. The van der Waals surface area contributed by atoms with Crippen LogP contribution >= 0.6 is 0 Å². The van der Waals surface area contributed by atoms with Gasteiger partial charge in [0.1, 0.15) is 0 Å². The highest BCUT2D eigenvalue weighted by Gasteiger charge is 2.39. The zero-order chi connectivity index (χ0) is 25.7. The summed E-state index contributed by atoms with van der Waals surface area (Å²) in [7, 11) is 1.25. The molecule has 3 atom stereocenters. The summed E-state index contributed by atoms with van der Waals surface area (Å²) in [4.78, 5) is 13.9. The smallest absolute Gasteiger partial charge is 0.416 e. The topological polar surface area (TPSA) is 29.5 Å². The highest BCUT2D eigenvalue weighted by Crippen LogP contribution is 2.41. The van der Waals surface area contributed by atoms with Crippen LogP contribution in [0, 0.1) is 23.2 Å². The first kappa shape index (κ1) is 28.0. The molecule has 1 fully saturated rings. The van der Waals surface area contributed by atoms with E-state index in [1.165, 1.54) is 19.2 Å². The summed E-state index contributed by atoms with van der Waals surface area (Å²) in [6.45, 7) is 5.98. The summed E-state index contributed by atoms with van der Waals surface area (Å²) in [6.07, 6.45) is -8.95. The van der Waals surface area contributed by atoms with Gasteiger partial charge in [-0.3, -0.25) is 9.69 Å². The van der Waals surface area contributed by atoms with E-state index in [1.807, 2.05) is 25.7 Å². The number of benzene rings is 1. The first-order valence-corrected chi connectivity index (χ1v) is 11.2.